The molecule has 152 valence electrons. The van der Waals surface area contributed by atoms with Gasteiger partial charge in [0.05, 0.1) is 18.1 Å². The van der Waals surface area contributed by atoms with Crippen molar-refractivity contribution in [3.05, 3.63) is 59.2 Å². The fourth-order valence-electron chi connectivity index (χ4n) is 3.32. The number of fused-ring (bicyclic) bond motifs is 1. The van der Waals surface area contributed by atoms with Gasteiger partial charge in [-0.2, -0.15) is 0 Å². The molecule has 0 spiro atoms. The fourth-order valence-corrected chi connectivity index (χ4v) is 3.32. The van der Waals surface area contributed by atoms with Crippen molar-refractivity contribution in [2.75, 3.05) is 18.9 Å². The molecule has 0 aromatic heterocycles. The third kappa shape index (κ3) is 5.13. The Kier molecular flexibility index (Phi) is 6.49. The first kappa shape index (κ1) is 20.4. The third-order valence-electron chi connectivity index (χ3n) is 4.70. The Hall–Kier alpha value is -3.35. The van der Waals surface area contributed by atoms with Gasteiger partial charge in [-0.3, -0.25) is 4.79 Å². The summed E-state index contributed by atoms with van der Waals surface area (Å²) in [6, 6.07) is 11.6. The van der Waals surface area contributed by atoms with E-state index in [4.69, 9.17) is 19.9 Å². The molecule has 7 heteroatoms. The number of ether oxygens (including phenoxy) is 3. The first-order valence-corrected chi connectivity index (χ1v) is 9.50. The first-order chi connectivity index (χ1) is 14.0. The molecule has 0 heterocycles. The van der Waals surface area contributed by atoms with E-state index in [1.807, 2.05) is 18.2 Å². The molecule has 1 aliphatic carbocycles. The molecule has 1 atom stereocenters. The standard InChI is InChI=1S/C22H23NO6/c1-2-27-20(24)13-28-21(25)15-7-10-17(11-8-15)29-22(26)18-5-3-4-14-6-9-16(23)12-19(14)18/h6-12,18H,2-5,13,23H2,1H3. The molecule has 1 aliphatic rings. The van der Waals surface area contributed by atoms with Crippen LogP contribution in [0.5, 0.6) is 5.75 Å². The molecule has 3 rings (SSSR count). The number of nitrogens with two attached hydrogens (primary N) is 1. The van der Waals surface area contributed by atoms with Gasteiger partial charge in [0.25, 0.3) is 0 Å². The SMILES string of the molecule is CCOC(=O)COC(=O)c1ccc(OC(=O)C2CCCc3ccc(N)cc32)cc1. The van der Waals surface area contributed by atoms with Crippen LogP contribution in [-0.2, 0) is 25.5 Å². The summed E-state index contributed by atoms with van der Waals surface area (Å²) in [7, 11) is 0. The highest BCUT2D eigenvalue weighted by Gasteiger charge is 2.28. The number of carbonyl (C=O) groups is 3. The van der Waals surface area contributed by atoms with Crippen LogP contribution in [0.25, 0.3) is 0 Å². The summed E-state index contributed by atoms with van der Waals surface area (Å²) in [6.45, 7) is 1.43. The molecule has 7 nitrogen and oxygen atoms in total. The van der Waals surface area contributed by atoms with Gasteiger partial charge in [0.15, 0.2) is 6.61 Å². The Morgan fingerprint density at radius 3 is 2.55 bits per heavy atom. The van der Waals surface area contributed by atoms with Gasteiger partial charge in [0.2, 0.25) is 0 Å². The molecule has 0 bridgehead atoms. The zero-order chi connectivity index (χ0) is 20.8. The van der Waals surface area contributed by atoms with Crippen molar-refractivity contribution < 1.29 is 28.6 Å². The van der Waals surface area contributed by atoms with Gasteiger partial charge in [0.1, 0.15) is 5.75 Å². The third-order valence-corrected chi connectivity index (χ3v) is 4.70. The fraction of sp³-hybridized carbons (Fsp3) is 0.318. The molecule has 0 radical (unpaired) electrons. The van der Waals surface area contributed by atoms with Crippen LogP contribution in [0.4, 0.5) is 5.69 Å². The first-order valence-electron chi connectivity index (χ1n) is 9.50. The van der Waals surface area contributed by atoms with Gasteiger partial charge in [0, 0.05) is 5.69 Å². The number of anilines is 1. The minimum Gasteiger partial charge on any atom is -0.463 e. The molecule has 1 unspecified atom stereocenters. The topological polar surface area (TPSA) is 105 Å². The van der Waals surface area contributed by atoms with E-state index in [2.05, 4.69) is 0 Å². The van der Waals surface area contributed by atoms with Gasteiger partial charge >= 0.3 is 17.9 Å². The van der Waals surface area contributed by atoms with E-state index >= 15 is 0 Å². The molecule has 0 aliphatic heterocycles. The number of benzene rings is 2. The number of esters is 3. The van der Waals surface area contributed by atoms with E-state index in [-0.39, 0.29) is 24.1 Å². The van der Waals surface area contributed by atoms with Crippen LogP contribution in [0.2, 0.25) is 0 Å². The van der Waals surface area contributed by atoms with Crippen molar-refractivity contribution in [3.63, 3.8) is 0 Å². The maximum Gasteiger partial charge on any atom is 0.344 e. The van der Waals surface area contributed by atoms with Gasteiger partial charge in [-0.05, 0) is 73.7 Å². The lowest BCUT2D eigenvalue weighted by molar-refractivity contribution is -0.146. The number of hydrogen-bond donors (Lipinski definition) is 1. The normalized spacial score (nSPS) is 15.1. The molecule has 29 heavy (non-hydrogen) atoms. The largest absolute Gasteiger partial charge is 0.463 e. The van der Waals surface area contributed by atoms with Crippen LogP contribution < -0.4 is 10.5 Å². The van der Waals surface area contributed by atoms with E-state index in [0.717, 1.165) is 24.0 Å². The van der Waals surface area contributed by atoms with Crippen LogP contribution in [-0.4, -0.2) is 31.1 Å². The molecule has 0 fully saturated rings. The van der Waals surface area contributed by atoms with Crippen LogP contribution in [0, 0.1) is 0 Å². The van der Waals surface area contributed by atoms with Crippen LogP contribution in [0.3, 0.4) is 0 Å². The lowest BCUT2D eigenvalue weighted by atomic mass is 9.82. The van der Waals surface area contributed by atoms with Crippen LogP contribution in [0.1, 0.15) is 47.2 Å². The number of rotatable bonds is 6. The highest BCUT2D eigenvalue weighted by atomic mass is 16.6. The summed E-state index contributed by atoms with van der Waals surface area (Å²) < 4.78 is 15.1. The van der Waals surface area contributed by atoms with E-state index in [1.165, 1.54) is 24.3 Å². The van der Waals surface area contributed by atoms with E-state index in [1.54, 1.807) is 6.92 Å². The summed E-state index contributed by atoms with van der Waals surface area (Å²) in [5.41, 5.74) is 8.77. The zero-order valence-corrected chi connectivity index (χ0v) is 16.2. The highest BCUT2D eigenvalue weighted by molar-refractivity contribution is 5.91. The summed E-state index contributed by atoms with van der Waals surface area (Å²) in [6.07, 6.45) is 2.53. The van der Waals surface area contributed by atoms with Gasteiger partial charge < -0.3 is 19.9 Å². The monoisotopic (exact) mass is 397 g/mol. The quantitative estimate of drug-likeness (QED) is 0.454. The molecule has 0 amide bonds. The van der Waals surface area contributed by atoms with Crippen LogP contribution >= 0.6 is 0 Å². The van der Waals surface area contributed by atoms with Gasteiger partial charge in [-0.25, -0.2) is 9.59 Å². The van der Waals surface area contributed by atoms with Crippen molar-refractivity contribution in [2.24, 2.45) is 0 Å². The predicted octanol–water partition coefficient (Wildman–Crippen LogP) is 3.01. The van der Waals surface area contributed by atoms with Crippen molar-refractivity contribution in [3.8, 4) is 5.75 Å². The van der Waals surface area contributed by atoms with Gasteiger partial charge in [-0.15, -0.1) is 0 Å². The van der Waals surface area contributed by atoms with E-state index in [9.17, 15) is 14.4 Å². The van der Waals surface area contributed by atoms with Crippen molar-refractivity contribution in [1.29, 1.82) is 0 Å². The summed E-state index contributed by atoms with van der Waals surface area (Å²) >= 11 is 0. The van der Waals surface area contributed by atoms with E-state index in [0.29, 0.717) is 17.9 Å². The van der Waals surface area contributed by atoms with Gasteiger partial charge in [-0.1, -0.05) is 6.07 Å². The number of carbonyl (C=O) groups excluding carboxylic acids is 3. The lowest BCUT2D eigenvalue weighted by Crippen LogP contribution is -2.23. The number of nitrogen functional groups attached to an aromatic ring is 1. The second kappa shape index (κ2) is 9.23. The Morgan fingerprint density at radius 2 is 1.83 bits per heavy atom. The molecule has 0 saturated heterocycles. The highest BCUT2D eigenvalue weighted by Crippen LogP contribution is 2.34. The number of aryl methyl sites for hydroxylation is 1. The zero-order valence-electron chi connectivity index (χ0n) is 16.2. The molecule has 2 aromatic rings. The average molecular weight is 397 g/mol. The molecule has 0 saturated carbocycles. The van der Waals surface area contributed by atoms with Crippen molar-refractivity contribution in [2.45, 2.75) is 32.1 Å². The van der Waals surface area contributed by atoms with Crippen molar-refractivity contribution in [1.82, 2.24) is 0 Å². The summed E-state index contributed by atoms with van der Waals surface area (Å²) in [5, 5.41) is 0. The smallest absolute Gasteiger partial charge is 0.344 e. The predicted molar refractivity (Wildman–Crippen MR) is 106 cm³/mol. The Balaban J connectivity index is 1.62. The Morgan fingerprint density at radius 1 is 1.07 bits per heavy atom. The maximum absolute atomic E-state index is 12.7. The second-order valence-electron chi connectivity index (χ2n) is 6.73. The van der Waals surface area contributed by atoms with E-state index < -0.39 is 18.5 Å². The summed E-state index contributed by atoms with van der Waals surface area (Å²) in [4.78, 5) is 35.9. The molecule has 2 aromatic carbocycles. The molecular weight excluding hydrogens is 374 g/mol. The number of hydrogen-bond acceptors (Lipinski definition) is 7. The van der Waals surface area contributed by atoms with Crippen LogP contribution in [0.15, 0.2) is 42.5 Å². The Labute approximate surface area is 168 Å². The Bertz CT molecular complexity index is 906. The van der Waals surface area contributed by atoms with Crippen molar-refractivity contribution >= 4 is 23.6 Å². The minimum absolute atomic E-state index is 0.217. The molecular formula is C22H23NO6. The lowest BCUT2D eigenvalue weighted by Gasteiger charge is -2.24. The second-order valence-corrected chi connectivity index (χ2v) is 6.73. The minimum atomic E-state index is -0.660. The summed E-state index contributed by atoms with van der Waals surface area (Å²) in [5.74, 6) is -1.66. The molecule has 2 N–H and O–H groups in total. The maximum atomic E-state index is 12.7. The average Bonchev–Trinajstić information content (AvgIpc) is 2.72.